The molecule has 0 saturated carbocycles. The molecule has 1 saturated heterocycles. The Morgan fingerprint density at radius 1 is 1.27 bits per heavy atom. The lowest BCUT2D eigenvalue weighted by Gasteiger charge is -2.39. The van der Waals surface area contributed by atoms with E-state index in [1.807, 2.05) is 22.9 Å². The molecule has 1 N–H and O–H groups in total. The Hall–Kier alpha value is -2.25. The first-order valence-corrected chi connectivity index (χ1v) is 9.01. The normalized spacial score (nSPS) is 20.9. The SMILES string of the molecule is CN(C)C(=O)CC1(O)CCCN(Cc2cnnn2Cc2ccccc2)C1. The Kier molecular flexibility index (Phi) is 5.68. The molecule has 1 fully saturated rings. The smallest absolute Gasteiger partial charge is 0.224 e. The predicted molar refractivity (Wildman–Crippen MR) is 98.3 cm³/mol. The number of benzene rings is 1. The fourth-order valence-electron chi connectivity index (χ4n) is 3.44. The Bertz CT molecular complexity index is 731. The molecular formula is C19H27N5O2. The van der Waals surface area contributed by atoms with Crippen molar-refractivity contribution in [2.45, 2.75) is 38.0 Å². The molecule has 1 atom stereocenters. The minimum Gasteiger partial charge on any atom is -0.388 e. The fourth-order valence-corrected chi connectivity index (χ4v) is 3.44. The number of hydrogen-bond acceptors (Lipinski definition) is 5. The van der Waals surface area contributed by atoms with Crippen LogP contribution < -0.4 is 0 Å². The summed E-state index contributed by atoms with van der Waals surface area (Å²) in [5.41, 5.74) is 1.22. The van der Waals surface area contributed by atoms with Crippen LogP contribution in [-0.4, -0.2) is 68.6 Å². The Morgan fingerprint density at radius 3 is 2.77 bits per heavy atom. The number of piperidine rings is 1. The average molecular weight is 357 g/mol. The van der Waals surface area contributed by atoms with Crippen molar-refractivity contribution >= 4 is 5.91 Å². The van der Waals surface area contributed by atoms with E-state index >= 15 is 0 Å². The summed E-state index contributed by atoms with van der Waals surface area (Å²) in [6.07, 6.45) is 3.47. The number of hydrogen-bond donors (Lipinski definition) is 1. The number of likely N-dealkylation sites (tertiary alicyclic amines) is 1. The van der Waals surface area contributed by atoms with Crippen molar-refractivity contribution in [3.8, 4) is 0 Å². The van der Waals surface area contributed by atoms with Crippen LogP contribution in [0.25, 0.3) is 0 Å². The van der Waals surface area contributed by atoms with Gasteiger partial charge in [-0.25, -0.2) is 4.68 Å². The van der Waals surface area contributed by atoms with Crippen LogP contribution in [0.15, 0.2) is 36.5 Å². The standard InChI is InChI=1S/C19H27N5O2/c1-22(2)18(25)11-19(26)9-6-10-23(15-19)14-17-12-20-21-24(17)13-16-7-4-3-5-8-16/h3-5,7-8,12,26H,6,9-11,13-15H2,1-2H3. The third kappa shape index (κ3) is 4.68. The lowest BCUT2D eigenvalue weighted by molar-refractivity contribution is -0.136. The van der Waals surface area contributed by atoms with Gasteiger partial charge < -0.3 is 10.0 Å². The van der Waals surface area contributed by atoms with E-state index in [1.54, 1.807) is 20.3 Å². The van der Waals surface area contributed by atoms with Gasteiger partial charge in [0.25, 0.3) is 0 Å². The number of aliphatic hydroxyl groups is 1. The van der Waals surface area contributed by atoms with Crippen molar-refractivity contribution < 1.29 is 9.90 Å². The highest BCUT2D eigenvalue weighted by atomic mass is 16.3. The number of β-amino-alcohol motifs (C(OH)–C–C–N with tert-alkyl or cyclic N) is 1. The second-order valence-electron chi connectivity index (χ2n) is 7.37. The van der Waals surface area contributed by atoms with E-state index in [9.17, 15) is 9.90 Å². The highest BCUT2D eigenvalue weighted by Crippen LogP contribution is 2.26. The molecule has 2 heterocycles. The molecule has 0 bridgehead atoms. The van der Waals surface area contributed by atoms with Crippen molar-refractivity contribution in [2.75, 3.05) is 27.2 Å². The second kappa shape index (κ2) is 7.97. The van der Waals surface area contributed by atoms with E-state index in [0.717, 1.165) is 18.7 Å². The van der Waals surface area contributed by atoms with E-state index < -0.39 is 5.60 Å². The predicted octanol–water partition coefficient (Wildman–Crippen LogP) is 1.13. The molecule has 0 spiro atoms. The van der Waals surface area contributed by atoms with Crippen LogP contribution in [0.5, 0.6) is 0 Å². The maximum Gasteiger partial charge on any atom is 0.224 e. The second-order valence-corrected chi connectivity index (χ2v) is 7.37. The van der Waals surface area contributed by atoms with Crippen molar-refractivity contribution in [3.05, 3.63) is 47.8 Å². The minimum absolute atomic E-state index is 0.0369. The molecule has 1 aliphatic heterocycles. The molecule has 1 unspecified atom stereocenters. The average Bonchev–Trinajstić information content (AvgIpc) is 3.02. The van der Waals surface area contributed by atoms with Gasteiger partial charge in [0.05, 0.1) is 30.5 Å². The highest BCUT2D eigenvalue weighted by molar-refractivity contribution is 5.76. The van der Waals surface area contributed by atoms with Crippen LogP contribution in [0.2, 0.25) is 0 Å². The zero-order valence-electron chi connectivity index (χ0n) is 15.5. The third-order valence-electron chi connectivity index (χ3n) is 4.87. The van der Waals surface area contributed by atoms with Crippen LogP contribution in [0.4, 0.5) is 0 Å². The maximum atomic E-state index is 12.0. The van der Waals surface area contributed by atoms with Crippen molar-refractivity contribution in [2.24, 2.45) is 0 Å². The van der Waals surface area contributed by atoms with Gasteiger partial charge in [-0.3, -0.25) is 9.69 Å². The minimum atomic E-state index is -0.961. The number of carbonyl (C=O) groups is 1. The molecule has 1 amide bonds. The largest absolute Gasteiger partial charge is 0.388 e. The molecular weight excluding hydrogens is 330 g/mol. The van der Waals surface area contributed by atoms with Gasteiger partial charge in [-0.2, -0.15) is 0 Å². The van der Waals surface area contributed by atoms with Crippen LogP contribution in [0.1, 0.15) is 30.5 Å². The van der Waals surface area contributed by atoms with E-state index in [1.165, 1.54) is 10.5 Å². The number of aromatic nitrogens is 3. The van der Waals surface area contributed by atoms with Gasteiger partial charge in [0.1, 0.15) is 0 Å². The van der Waals surface area contributed by atoms with E-state index in [4.69, 9.17) is 0 Å². The van der Waals surface area contributed by atoms with Gasteiger partial charge in [-0.15, -0.1) is 5.10 Å². The topological polar surface area (TPSA) is 74.5 Å². The Balaban J connectivity index is 1.64. The summed E-state index contributed by atoms with van der Waals surface area (Å²) in [5.74, 6) is -0.0369. The summed E-state index contributed by atoms with van der Waals surface area (Å²) in [7, 11) is 3.44. The molecule has 0 aliphatic carbocycles. The summed E-state index contributed by atoms with van der Waals surface area (Å²) < 4.78 is 1.90. The van der Waals surface area contributed by atoms with Crippen LogP contribution >= 0.6 is 0 Å². The van der Waals surface area contributed by atoms with Gasteiger partial charge in [0, 0.05) is 27.2 Å². The Labute approximate surface area is 154 Å². The quantitative estimate of drug-likeness (QED) is 0.839. The fraction of sp³-hybridized carbons (Fsp3) is 0.526. The van der Waals surface area contributed by atoms with Crippen LogP contribution in [0.3, 0.4) is 0 Å². The molecule has 1 aromatic heterocycles. The van der Waals surface area contributed by atoms with Gasteiger partial charge in [-0.1, -0.05) is 35.5 Å². The molecule has 140 valence electrons. The first-order valence-electron chi connectivity index (χ1n) is 9.01. The van der Waals surface area contributed by atoms with Crippen LogP contribution in [-0.2, 0) is 17.9 Å². The number of nitrogens with zero attached hydrogens (tertiary/aromatic N) is 5. The maximum absolute atomic E-state index is 12.0. The molecule has 7 heteroatoms. The number of carbonyl (C=O) groups excluding carboxylic acids is 1. The molecule has 1 aromatic carbocycles. The summed E-state index contributed by atoms with van der Waals surface area (Å²) in [5, 5.41) is 19.1. The zero-order chi connectivity index (χ0) is 18.6. The van der Waals surface area contributed by atoms with Gasteiger partial charge in [0.2, 0.25) is 5.91 Å². The molecule has 0 radical (unpaired) electrons. The molecule has 1 aliphatic rings. The van der Waals surface area contributed by atoms with Crippen molar-refractivity contribution in [3.63, 3.8) is 0 Å². The summed E-state index contributed by atoms with van der Waals surface area (Å²) in [6, 6.07) is 10.2. The molecule has 7 nitrogen and oxygen atoms in total. The molecule has 2 aromatic rings. The molecule has 26 heavy (non-hydrogen) atoms. The zero-order valence-corrected chi connectivity index (χ0v) is 15.5. The monoisotopic (exact) mass is 357 g/mol. The lowest BCUT2D eigenvalue weighted by Crippen LogP contribution is -2.50. The molecule has 3 rings (SSSR count). The van der Waals surface area contributed by atoms with Gasteiger partial charge in [-0.05, 0) is 24.9 Å². The highest BCUT2D eigenvalue weighted by Gasteiger charge is 2.36. The number of rotatable bonds is 6. The van der Waals surface area contributed by atoms with Crippen molar-refractivity contribution in [1.29, 1.82) is 0 Å². The first kappa shape index (κ1) is 18.5. The third-order valence-corrected chi connectivity index (χ3v) is 4.87. The van der Waals surface area contributed by atoms with Gasteiger partial charge in [0.15, 0.2) is 0 Å². The van der Waals surface area contributed by atoms with E-state index in [0.29, 0.717) is 26.1 Å². The van der Waals surface area contributed by atoms with Crippen LogP contribution in [0, 0.1) is 0 Å². The Morgan fingerprint density at radius 2 is 2.04 bits per heavy atom. The van der Waals surface area contributed by atoms with E-state index in [-0.39, 0.29) is 12.3 Å². The summed E-state index contributed by atoms with van der Waals surface area (Å²) >= 11 is 0. The van der Waals surface area contributed by atoms with Gasteiger partial charge >= 0.3 is 0 Å². The summed E-state index contributed by atoms with van der Waals surface area (Å²) in [4.78, 5) is 15.7. The lowest BCUT2D eigenvalue weighted by atomic mass is 9.89. The summed E-state index contributed by atoms with van der Waals surface area (Å²) in [6.45, 7) is 2.73. The number of amides is 1. The van der Waals surface area contributed by atoms with Crippen molar-refractivity contribution in [1.82, 2.24) is 24.8 Å². The first-order chi connectivity index (χ1) is 12.5. The van der Waals surface area contributed by atoms with E-state index in [2.05, 4.69) is 27.3 Å².